The number of phenols is 1. The van der Waals surface area contributed by atoms with Gasteiger partial charge in [0.15, 0.2) is 28.8 Å². The lowest BCUT2D eigenvalue weighted by molar-refractivity contribution is -0.135. The first-order chi connectivity index (χ1) is 13.1. The maximum Gasteiger partial charge on any atom is 0.198 e. The van der Waals surface area contributed by atoms with E-state index in [0.29, 0.717) is 35.3 Å². The molecule has 2 aliphatic rings. The molecule has 0 amide bonds. The second kappa shape index (κ2) is 6.14. The summed E-state index contributed by atoms with van der Waals surface area (Å²) >= 11 is 0. The number of hydrogen-bond acceptors (Lipinski definition) is 4. The summed E-state index contributed by atoms with van der Waals surface area (Å²) in [7, 11) is 0. The van der Waals surface area contributed by atoms with E-state index in [4.69, 9.17) is 4.74 Å². The molecular formula is C22H20F2O4. The summed E-state index contributed by atoms with van der Waals surface area (Å²) in [5.41, 5.74) is -1.02. The highest BCUT2D eigenvalue weighted by molar-refractivity contribution is 6.10. The van der Waals surface area contributed by atoms with Crippen LogP contribution >= 0.6 is 0 Å². The Morgan fingerprint density at radius 3 is 2.46 bits per heavy atom. The molecule has 6 heteroatoms. The Labute approximate surface area is 161 Å². The Morgan fingerprint density at radius 1 is 1.14 bits per heavy atom. The molecule has 1 heterocycles. The molecule has 0 fully saturated rings. The average Bonchev–Trinajstić information content (AvgIpc) is 2.64. The van der Waals surface area contributed by atoms with Crippen molar-refractivity contribution in [1.29, 1.82) is 0 Å². The van der Waals surface area contributed by atoms with Crippen molar-refractivity contribution in [2.24, 2.45) is 0 Å². The number of aliphatic hydroxyl groups is 1. The molecule has 0 radical (unpaired) electrons. The van der Waals surface area contributed by atoms with E-state index >= 15 is 0 Å². The van der Waals surface area contributed by atoms with Gasteiger partial charge in [-0.25, -0.2) is 8.78 Å². The number of aromatic hydroxyl groups is 1. The molecule has 4 nitrogen and oxygen atoms in total. The third kappa shape index (κ3) is 2.79. The van der Waals surface area contributed by atoms with E-state index in [9.17, 15) is 23.8 Å². The number of carbonyl (C=O) groups is 1. The number of phenolic OH excluding ortho intramolecular Hbond substituents is 1. The molecule has 4 rings (SSSR count). The van der Waals surface area contributed by atoms with Crippen molar-refractivity contribution in [2.75, 3.05) is 0 Å². The third-order valence-corrected chi connectivity index (χ3v) is 5.43. The SMILES string of the molecule is CC1(C)CCC2=C(O1)c1ccccc1C(O)(Cc1cc(F)c(O)c(F)c1)C2=O. The third-order valence-electron chi connectivity index (χ3n) is 5.43. The van der Waals surface area contributed by atoms with Crippen molar-refractivity contribution in [3.8, 4) is 5.75 Å². The molecule has 146 valence electrons. The van der Waals surface area contributed by atoms with Gasteiger partial charge in [0, 0.05) is 23.1 Å². The zero-order valence-electron chi connectivity index (χ0n) is 15.6. The van der Waals surface area contributed by atoms with Crippen LogP contribution in [0.25, 0.3) is 5.76 Å². The Hall–Kier alpha value is -2.73. The summed E-state index contributed by atoms with van der Waals surface area (Å²) in [6, 6.07) is 8.71. The van der Waals surface area contributed by atoms with E-state index in [1.807, 2.05) is 13.8 Å². The van der Waals surface area contributed by atoms with Gasteiger partial charge >= 0.3 is 0 Å². The number of fused-ring (bicyclic) bond motifs is 2. The number of halogens is 2. The van der Waals surface area contributed by atoms with Gasteiger partial charge in [-0.05, 0) is 44.4 Å². The first kappa shape index (κ1) is 18.6. The molecule has 1 unspecified atom stereocenters. The molecular weight excluding hydrogens is 366 g/mol. The topological polar surface area (TPSA) is 66.8 Å². The van der Waals surface area contributed by atoms with Crippen LogP contribution in [0.2, 0.25) is 0 Å². The lowest BCUT2D eigenvalue weighted by atomic mass is 9.72. The molecule has 1 aliphatic carbocycles. The number of rotatable bonds is 2. The first-order valence-electron chi connectivity index (χ1n) is 9.08. The molecule has 2 aromatic rings. The normalized spacial score (nSPS) is 23.1. The number of ketones is 1. The zero-order valence-corrected chi connectivity index (χ0v) is 15.6. The van der Waals surface area contributed by atoms with Crippen molar-refractivity contribution >= 4 is 11.5 Å². The number of ether oxygens (including phenoxy) is 1. The molecule has 0 saturated heterocycles. The average molecular weight is 386 g/mol. The van der Waals surface area contributed by atoms with Crippen LogP contribution in [0, 0.1) is 11.6 Å². The lowest BCUT2D eigenvalue weighted by Crippen LogP contribution is -2.45. The van der Waals surface area contributed by atoms with Gasteiger partial charge < -0.3 is 14.9 Å². The summed E-state index contributed by atoms with van der Waals surface area (Å²) in [6.45, 7) is 3.87. The largest absolute Gasteiger partial charge is 0.503 e. The minimum Gasteiger partial charge on any atom is -0.503 e. The van der Waals surface area contributed by atoms with Gasteiger partial charge in [0.05, 0.1) is 0 Å². The number of benzene rings is 2. The number of Topliss-reactive ketones (excluding diaryl/α,β-unsaturated/α-hetero) is 1. The highest BCUT2D eigenvalue weighted by Crippen LogP contribution is 2.47. The van der Waals surface area contributed by atoms with Crippen molar-refractivity contribution in [3.05, 3.63) is 70.3 Å². The van der Waals surface area contributed by atoms with Gasteiger partial charge in [0.2, 0.25) is 0 Å². The van der Waals surface area contributed by atoms with Crippen LogP contribution in [0.1, 0.15) is 43.4 Å². The smallest absolute Gasteiger partial charge is 0.198 e. The fourth-order valence-corrected chi connectivity index (χ4v) is 3.97. The molecule has 2 aromatic carbocycles. The van der Waals surface area contributed by atoms with Gasteiger partial charge in [0.25, 0.3) is 0 Å². The first-order valence-corrected chi connectivity index (χ1v) is 9.08. The molecule has 28 heavy (non-hydrogen) atoms. The van der Waals surface area contributed by atoms with Crippen molar-refractivity contribution in [1.82, 2.24) is 0 Å². The van der Waals surface area contributed by atoms with Crippen LogP contribution in [-0.2, 0) is 21.6 Å². The monoisotopic (exact) mass is 386 g/mol. The summed E-state index contributed by atoms with van der Waals surface area (Å²) in [4.78, 5) is 13.3. The molecule has 0 aromatic heterocycles. The predicted octanol–water partition coefficient (Wildman–Crippen LogP) is 3.98. The number of hydrogen-bond donors (Lipinski definition) is 2. The molecule has 1 aliphatic heterocycles. The molecule has 0 saturated carbocycles. The van der Waals surface area contributed by atoms with Crippen LogP contribution in [-0.4, -0.2) is 21.6 Å². The fraction of sp³-hybridized carbons (Fsp3) is 0.318. The maximum absolute atomic E-state index is 13.8. The van der Waals surface area contributed by atoms with Crippen LogP contribution in [0.15, 0.2) is 42.0 Å². The van der Waals surface area contributed by atoms with Crippen molar-refractivity contribution in [3.63, 3.8) is 0 Å². The van der Waals surface area contributed by atoms with Gasteiger partial charge in [-0.3, -0.25) is 4.79 Å². The van der Waals surface area contributed by atoms with Crippen molar-refractivity contribution in [2.45, 2.75) is 44.3 Å². The minimum absolute atomic E-state index is 0.0690. The quantitative estimate of drug-likeness (QED) is 0.819. The summed E-state index contributed by atoms with van der Waals surface area (Å²) in [6.07, 6.45) is 0.728. The standard InChI is InChI=1S/C22H20F2O4/c1-21(2)8-7-14-19(28-21)13-5-3-4-6-15(13)22(27,20(14)26)11-12-9-16(23)18(25)17(24)10-12/h3-6,9-10,25,27H,7-8,11H2,1-2H3. The second-order valence-corrected chi connectivity index (χ2v) is 7.99. The van der Waals surface area contributed by atoms with Gasteiger partial charge in [-0.2, -0.15) is 0 Å². The van der Waals surface area contributed by atoms with E-state index in [0.717, 1.165) is 12.1 Å². The Morgan fingerprint density at radius 2 is 1.79 bits per heavy atom. The van der Waals surface area contributed by atoms with Crippen LogP contribution in [0.5, 0.6) is 5.75 Å². The molecule has 0 spiro atoms. The van der Waals surface area contributed by atoms with Crippen LogP contribution in [0.4, 0.5) is 8.78 Å². The van der Waals surface area contributed by atoms with Gasteiger partial charge in [0.1, 0.15) is 11.4 Å². The highest BCUT2D eigenvalue weighted by atomic mass is 19.1. The van der Waals surface area contributed by atoms with E-state index in [-0.39, 0.29) is 12.0 Å². The predicted molar refractivity (Wildman–Crippen MR) is 98.4 cm³/mol. The molecule has 1 atom stereocenters. The lowest BCUT2D eigenvalue weighted by Gasteiger charge is -2.41. The van der Waals surface area contributed by atoms with E-state index < -0.39 is 34.4 Å². The van der Waals surface area contributed by atoms with Crippen molar-refractivity contribution < 1.29 is 28.5 Å². The Balaban J connectivity index is 1.85. The van der Waals surface area contributed by atoms with Gasteiger partial charge in [-0.1, -0.05) is 24.3 Å². The van der Waals surface area contributed by atoms with Crippen LogP contribution in [0.3, 0.4) is 0 Å². The zero-order chi connectivity index (χ0) is 20.3. The summed E-state index contributed by atoms with van der Waals surface area (Å²) < 4.78 is 33.6. The Kier molecular flexibility index (Phi) is 4.08. The molecule has 0 bridgehead atoms. The van der Waals surface area contributed by atoms with Crippen LogP contribution < -0.4 is 0 Å². The van der Waals surface area contributed by atoms with E-state index in [2.05, 4.69) is 0 Å². The highest BCUT2D eigenvalue weighted by Gasteiger charge is 2.49. The molecule has 2 N–H and O–H groups in total. The summed E-state index contributed by atoms with van der Waals surface area (Å²) in [5.74, 6) is -3.43. The second-order valence-electron chi connectivity index (χ2n) is 7.99. The Bertz CT molecular complexity index is 1000. The summed E-state index contributed by atoms with van der Waals surface area (Å²) in [5, 5.41) is 20.7. The minimum atomic E-state index is -1.98. The maximum atomic E-state index is 13.8. The van der Waals surface area contributed by atoms with E-state index in [1.165, 1.54) is 0 Å². The van der Waals surface area contributed by atoms with E-state index in [1.54, 1.807) is 24.3 Å². The van der Waals surface area contributed by atoms with Gasteiger partial charge in [-0.15, -0.1) is 0 Å². The fourth-order valence-electron chi connectivity index (χ4n) is 3.97. The number of carbonyl (C=O) groups excluding carboxylic acids is 1.